The lowest BCUT2D eigenvalue weighted by Gasteiger charge is -2.07. The fourth-order valence-electron chi connectivity index (χ4n) is 1.53. The molecule has 0 unspecified atom stereocenters. The Kier molecular flexibility index (Phi) is 4.81. The third-order valence-electron chi connectivity index (χ3n) is 2.45. The zero-order valence-electron chi connectivity index (χ0n) is 10.9. The number of halogens is 1. The van der Waals surface area contributed by atoms with Crippen molar-refractivity contribution in [1.82, 2.24) is 4.98 Å². The van der Waals surface area contributed by atoms with Gasteiger partial charge in [0.2, 0.25) is 0 Å². The van der Waals surface area contributed by atoms with E-state index in [9.17, 15) is 8.42 Å². The lowest BCUT2D eigenvalue weighted by atomic mass is 10.2. The van der Waals surface area contributed by atoms with Gasteiger partial charge in [-0.3, -0.25) is 4.72 Å². The minimum Gasteiger partial charge on any atom is -0.320 e. The van der Waals surface area contributed by atoms with Crippen molar-refractivity contribution in [1.29, 1.82) is 0 Å². The summed E-state index contributed by atoms with van der Waals surface area (Å²) < 4.78 is 26.9. The quantitative estimate of drug-likeness (QED) is 0.845. The van der Waals surface area contributed by atoms with Gasteiger partial charge in [-0.15, -0.1) is 0 Å². The largest absolute Gasteiger partial charge is 0.320 e. The van der Waals surface area contributed by atoms with Gasteiger partial charge in [0.15, 0.2) is 0 Å². The lowest BCUT2D eigenvalue weighted by molar-refractivity contribution is 0.601. The number of aromatic nitrogens is 1. The smallest absolute Gasteiger partial charge is 0.263 e. The molecule has 0 saturated heterocycles. The number of benzene rings is 1. The molecule has 2 rings (SSSR count). The summed E-state index contributed by atoms with van der Waals surface area (Å²) in [5, 5.41) is 0.428. The SMILES string of the molecule is NCC#Cc1cccc(S(=O)(=O)Nc2ccc(Cl)cn2)c1. The van der Waals surface area contributed by atoms with E-state index in [1.54, 1.807) is 18.2 Å². The fraction of sp³-hybridized carbons (Fsp3) is 0.0714. The number of pyridine rings is 1. The molecule has 7 heteroatoms. The number of nitrogens with zero attached hydrogens (tertiary/aromatic N) is 1. The Balaban J connectivity index is 2.29. The van der Waals surface area contributed by atoms with Crippen molar-refractivity contribution in [3.63, 3.8) is 0 Å². The standard InChI is InChI=1S/C14H12ClN3O2S/c15-12-6-7-14(17-10-12)18-21(19,20)13-5-1-3-11(9-13)4-2-8-16/h1,3,5-7,9-10H,8,16H2,(H,17,18). The normalized spacial score (nSPS) is 10.6. The maximum absolute atomic E-state index is 12.3. The first kappa shape index (κ1) is 15.3. The van der Waals surface area contributed by atoms with Crippen molar-refractivity contribution in [3.05, 3.63) is 53.2 Å². The van der Waals surface area contributed by atoms with Crippen LogP contribution in [0.2, 0.25) is 5.02 Å². The van der Waals surface area contributed by atoms with E-state index < -0.39 is 10.0 Å². The van der Waals surface area contributed by atoms with Crippen molar-refractivity contribution in [2.75, 3.05) is 11.3 Å². The molecule has 108 valence electrons. The van der Waals surface area contributed by atoms with Gasteiger partial charge in [-0.1, -0.05) is 29.5 Å². The first-order valence-corrected chi connectivity index (χ1v) is 7.81. The van der Waals surface area contributed by atoms with E-state index in [2.05, 4.69) is 21.5 Å². The molecule has 3 N–H and O–H groups in total. The summed E-state index contributed by atoms with van der Waals surface area (Å²) in [6, 6.07) is 9.31. The Morgan fingerprint density at radius 2 is 2.10 bits per heavy atom. The molecule has 0 radical (unpaired) electrons. The van der Waals surface area contributed by atoms with Crippen molar-refractivity contribution in [2.24, 2.45) is 5.73 Å². The summed E-state index contributed by atoms with van der Waals surface area (Å²) in [5.74, 6) is 5.65. The molecule has 0 amide bonds. The Morgan fingerprint density at radius 3 is 2.76 bits per heavy atom. The maximum Gasteiger partial charge on any atom is 0.263 e. The zero-order valence-corrected chi connectivity index (χ0v) is 12.4. The second kappa shape index (κ2) is 6.59. The molecule has 0 bridgehead atoms. The van der Waals surface area contributed by atoms with Gasteiger partial charge in [0.05, 0.1) is 16.5 Å². The topological polar surface area (TPSA) is 85.1 Å². The Labute approximate surface area is 128 Å². The van der Waals surface area contributed by atoms with Crippen LogP contribution in [0.5, 0.6) is 0 Å². The first-order chi connectivity index (χ1) is 10.0. The predicted molar refractivity (Wildman–Crippen MR) is 82.4 cm³/mol. The summed E-state index contributed by atoms with van der Waals surface area (Å²) in [4.78, 5) is 3.99. The Bertz CT molecular complexity index is 793. The van der Waals surface area contributed by atoms with Crippen molar-refractivity contribution in [3.8, 4) is 11.8 Å². The van der Waals surface area contributed by atoms with E-state index in [1.165, 1.54) is 24.4 Å². The fourth-order valence-corrected chi connectivity index (χ4v) is 2.69. The number of hydrogen-bond donors (Lipinski definition) is 2. The van der Waals surface area contributed by atoms with Crippen LogP contribution in [-0.2, 0) is 10.0 Å². The second-order valence-electron chi connectivity index (χ2n) is 4.00. The molecule has 21 heavy (non-hydrogen) atoms. The van der Waals surface area contributed by atoms with Crippen LogP contribution in [0.1, 0.15) is 5.56 Å². The highest BCUT2D eigenvalue weighted by Crippen LogP contribution is 2.16. The van der Waals surface area contributed by atoms with Crippen LogP contribution in [0.4, 0.5) is 5.82 Å². The van der Waals surface area contributed by atoms with Gasteiger partial charge in [0, 0.05) is 11.8 Å². The highest BCUT2D eigenvalue weighted by molar-refractivity contribution is 7.92. The molecular weight excluding hydrogens is 310 g/mol. The molecule has 0 atom stereocenters. The molecule has 0 spiro atoms. The molecule has 0 aliphatic heterocycles. The van der Waals surface area contributed by atoms with Gasteiger partial charge in [-0.2, -0.15) is 0 Å². The maximum atomic E-state index is 12.3. The number of hydrogen-bond acceptors (Lipinski definition) is 4. The summed E-state index contributed by atoms with van der Waals surface area (Å²) >= 11 is 5.70. The summed E-state index contributed by atoms with van der Waals surface area (Å²) in [6.45, 7) is 0.212. The number of nitrogens with two attached hydrogens (primary N) is 1. The number of sulfonamides is 1. The molecule has 0 aliphatic carbocycles. The average molecular weight is 322 g/mol. The van der Waals surface area contributed by atoms with Crippen LogP contribution in [0.25, 0.3) is 0 Å². The molecule has 2 aromatic rings. The monoisotopic (exact) mass is 321 g/mol. The van der Waals surface area contributed by atoms with Crippen molar-refractivity contribution >= 4 is 27.4 Å². The zero-order chi connectivity index (χ0) is 15.3. The van der Waals surface area contributed by atoms with Gasteiger partial charge in [-0.25, -0.2) is 13.4 Å². The third kappa shape index (κ3) is 4.20. The van der Waals surface area contributed by atoms with Crippen LogP contribution < -0.4 is 10.5 Å². The average Bonchev–Trinajstić information content (AvgIpc) is 2.48. The Hall–Kier alpha value is -2.07. The van der Waals surface area contributed by atoms with E-state index in [0.29, 0.717) is 10.6 Å². The number of anilines is 1. The van der Waals surface area contributed by atoms with E-state index >= 15 is 0 Å². The van der Waals surface area contributed by atoms with Gasteiger partial charge in [-0.05, 0) is 30.3 Å². The minimum absolute atomic E-state index is 0.100. The van der Waals surface area contributed by atoms with Crippen molar-refractivity contribution < 1.29 is 8.42 Å². The molecule has 1 heterocycles. The molecule has 0 aliphatic rings. The highest BCUT2D eigenvalue weighted by Gasteiger charge is 2.14. The molecule has 5 nitrogen and oxygen atoms in total. The Morgan fingerprint density at radius 1 is 1.29 bits per heavy atom. The van der Waals surface area contributed by atoms with Crippen LogP contribution in [0.3, 0.4) is 0 Å². The minimum atomic E-state index is -3.73. The predicted octanol–water partition coefficient (Wildman–Crippen LogP) is 1.85. The number of rotatable bonds is 3. The van der Waals surface area contributed by atoms with Crippen LogP contribution in [0, 0.1) is 11.8 Å². The van der Waals surface area contributed by atoms with E-state index in [4.69, 9.17) is 17.3 Å². The molecule has 0 saturated carbocycles. The molecular formula is C14H12ClN3O2S. The molecule has 1 aromatic carbocycles. The van der Waals surface area contributed by atoms with Crippen molar-refractivity contribution in [2.45, 2.75) is 4.90 Å². The van der Waals surface area contributed by atoms with E-state index in [1.807, 2.05) is 0 Å². The molecule has 1 aromatic heterocycles. The van der Waals surface area contributed by atoms with Gasteiger partial charge < -0.3 is 5.73 Å². The third-order valence-corrected chi connectivity index (χ3v) is 4.02. The van der Waals surface area contributed by atoms with E-state index in [-0.39, 0.29) is 17.3 Å². The summed E-state index contributed by atoms with van der Waals surface area (Å²) in [6.07, 6.45) is 1.36. The van der Waals surface area contributed by atoms with Crippen LogP contribution >= 0.6 is 11.6 Å². The van der Waals surface area contributed by atoms with Gasteiger partial charge in [0.25, 0.3) is 10.0 Å². The summed E-state index contributed by atoms with van der Waals surface area (Å²) in [5.41, 5.74) is 5.87. The second-order valence-corrected chi connectivity index (χ2v) is 6.12. The lowest BCUT2D eigenvalue weighted by Crippen LogP contribution is -2.13. The van der Waals surface area contributed by atoms with Crippen LogP contribution in [0.15, 0.2) is 47.5 Å². The van der Waals surface area contributed by atoms with Crippen LogP contribution in [-0.4, -0.2) is 19.9 Å². The first-order valence-electron chi connectivity index (χ1n) is 5.94. The van der Waals surface area contributed by atoms with E-state index in [0.717, 1.165) is 0 Å². The number of nitrogens with one attached hydrogen (secondary N) is 1. The highest BCUT2D eigenvalue weighted by atomic mass is 35.5. The van der Waals surface area contributed by atoms with Gasteiger partial charge in [0.1, 0.15) is 5.82 Å². The van der Waals surface area contributed by atoms with Gasteiger partial charge >= 0.3 is 0 Å². The summed E-state index contributed by atoms with van der Waals surface area (Å²) in [7, 11) is -3.73. The molecule has 0 fully saturated rings.